The van der Waals surface area contributed by atoms with Crippen LogP contribution in [0, 0.1) is 0 Å². The minimum Gasteiger partial charge on any atom is -0.480 e. The van der Waals surface area contributed by atoms with E-state index in [2.05, 4.69) is 19.9 Å². The summed E-state index contributed by atoms with van der Waals surface area (Å²) in [5.41, 5.74) is 1.42. The molecule has 0 amide bonds. The van der Waals surface area contributed by atoms with Gasteiger partial charge in [-0.2, -0.15) is 0 Å². The van der Waals surface area contributed by atoms with Crippen molar-refractivity contribution in [2.45, 2.75) is 12.5 Å². The zero-order valence-electron chi connectivity index (χ0n) is 12.5. The van der Waals surface area contributed by atoms with Gasteiger partial charge in [0.05, 0.1) is 12.5 Å². The first kappa shape index (κ1) is 15.5. The summed E-state index contributed by atoms with van der Waals surface area (Å²) in [6, 6.07) is 8.02. The molecule has 8 nitrogen and oxygen atoms in total. The third kappa shape index (κ3) is 3.49. The number of nitrogens with one attached hydrogen (secondary N) is 1. The van der Waals surface area contributed by atoms with E-state index in [4.69, 9.17) is 4.42 Å². The van der Waals surface area contributed by atoms with Gasteiger partial charge in [0, 0.05) is 23.9 Å². The lowest BCUT2D eigenvalue weighted by Gasteiger charge is -2.04. The summed E-state index contributed by atoms with van der Waals surface area (Å²) in [6.45, 7) is 0. The van der Waals surface area contributed by atoms with Crippen molar-refractivity contribution in [3.63, 3.8) is 0 Å². The molecule has 0 spiro atoms. The maximum absolute atomic E-state index is 11.3. The lowest BCUT2D eigenvalue weighted by molar-refractivity contribution is -0.138. The molecule has 3 aromatic rings. The van der Waals surface area contributed by atoms with Gasteiger partial charge in [-0.3, -0.25) is 4.99 Å². The van der Waals surface area contributed by atoms with Gasteiger partial charge < -0.3 is 19.6 Å². The molecule has 0 saturated carbocycles. The Kier molecular flexibility index (Phi) is 4.37. The molecule has 3 rings (SSSR count). The summed E-state index contributed by atoms with van der Waals surface area (Å²) in [4.78, 5) is 26.1. The number of carbonyl (C=O) groups is 1. The minimum atomic E-state index is -1.09. The predicted octanol–water partition coefficient (Wildman–Crippen LogP) is 1.89. The summed E-state index contributed by atoms with van der Waals surface area (Å²) in [6.07, 6.45) is 4.34. The maximum Gasteiger partial charge on any atom is 0.328 e. The van der Waals surface area contributed by atoms with Gasteiger partial charge in [-0.15, -0.1) is 0 Å². The number of hydrogen-bond acceptors (Lipinski definition) is 6. The molecular formula is C16H14N4O4. The van der Waals surface area contributed by atoms with Crippen LogP contribution >= 0.6 is 0 Å². The van der Waals surface area contributed by atoms with E-state index in [0.29, 0.717) is 11.3 Å². The monoisotopic (exact) mass is 326 g/mol. The van der Waals surface area contributed by atoms with Gasteiger partial charge in [-0.25, -0.2) is 14.8 Å². The third-order valence-corrected chi connectivity index (χ3v) is 3.29. The number of aliphatic imine (C=N–C) groups is 1. The zero-order chi connectivity index (χ0) is 16.9. The molecule has 1 atom stereocenters. The molecule has 0 aliphatic carbocycles. The largest absolute Gasteiger partial charge is 0.480 e. The van der Waals surface area contributed by atoms with Crippen LogP contribution in [0.25, 0.3) is 11.5 Å². The van der Waals surface area contributed by atoms with Gasteiger partial charge in [0.25, 0.3) is 0 Å². The standard InChI is InChI=1S/C16H14N4O4/c21-15(22)12(6-11-7-17-9-19-11)18-8-13-16(23)24-14(20-13)10-4-2-1-3-5-10/h1-5,7-9,12,23H,6H2,(H,17,19)(H,21,22). The van der Waals surface area contributed by atoms with Crippen LogP contribution in [0.15, 0.2) is 52.3 Å². The second-order valence-corrected chi connectivity index (χ2v) is 4.99. The van der Waals surface area contributed by atoms with E-state index in [9.17, 15) is 15.0 Å². The summed E-state index contributed by atoms with van der Waals surface area (Å²) in [5.74, 6) is -1.27. The van der Waals surface area contributed by atoms with E-state index in [-0.39, 0.29) is 18.0 Å². The normalized spacial score (nSPS) is 12.5. The van der Waals surface area contributed by atoms with Gasteiger partial charge in [-0.05, 0) is 12.1 Å². The van der Waals surface area contributed by atoms with Gasteiger partial charge in [-0.1, -0.05) is 18.2 Å². The van der Waals surface area contributed by atoms with Gasteiger partial charge in [0.2, 0.25) is 5.89 Å². The second-order valence-electron chi connectivity index (χ2n) is 4.99. The van der Waals surface area contributed by atoms with Crippen molar-refractivity contribution in [3.8, 4) is 17.4 Å². The molecule has 0 radical (unpaired) electrons. The van der Waals surface area contributed by atoms with Crippen molar-refractivity contribution in [3.05, 3.63) is 54.2 Å². The average Bonchev–Trinajstić information content (AvgIpc) is 3.22. The van der Waals surface area contributed by atoms with Crippen molar-refractivity contribution < 1.29 is 19.4 Å². The highest BCUT2D eigenvalue weighted by molar-refractivity contribution is 5.84. The SMILES string of the molecule is O=C(O)C(Cc1cnc[nH]1)N=Cc1nc(-c2ccccc2)oc1O. The topological polar surface area (TPSA) is 125 Å². The van der Waals surface area contributed by atoms with Gasteiger partial charge in [0.1, 0.15) is 0 Å². The van der Waals surface area contributed by atoms with Crippen molar-refractivity contribution in [2.24, 2.45) is 4.99 Å². The Balaban J connectivity index is 1.80. The molecule has 0 aliphatic rings. The van der Waals surface area contributed by atoms with Crippen LogP contribution in [0.4, 0.5) is 0 Å². The molecule has 8 heteroatoms. The molecule has 0 bridgehead atoms. The first-order valence-corrected chi connectivity index (χ1v) is 7.12. The van der Waals surface area contributed by atoms with Crippen molar-refractivity contribution in [2.75, 3.05) is 0 Å². The van der Waals surface area contributed by atoms with Gasteiger partial charge in [0.15, 0.2) is 11.7 Å². The second kappa shape index (κ2) is 6.78. The van der Waals surface area contributed by atoms with Crippen LogP contribution in [0.5, 0.6) is 5.95 Å². The van der Waals surface area contributed by atoms with Crippen LogP contribution in [0.1, 0.15) is 11.4 Å². The number of aliphatic carboxylic acids is 1. The number of benzene rings is 1. The smallest absolute Gasteiger partial charge is 0.328 e. The number of hydrogen-bond donors (Lipinski definition) is 3. The van der Waals surface area contributed by atoms with E-state index < -0.39 is 18.0 Å². The fourth-order valence-electron chi connectivity index (χ4n) is 2.08. The lowest BCUT2D eigenvalue weighted by atomic mass is 10.2. The minimum absolute atomic E-state index is 0.0738. The quantitative estimate of drug-likeness (QED) is 0.594. The third-order valence-electron chi connectivity index (χ3n) is 3.29. The Labute approximate surface area is 136 Å². The number of imidazole rings is 1. The fourth-order valence-corrected chi connectivity index (χ4v) is 2.08. The Morgan fingerprint density at radius 3 is 2.83 bits per heavy atom. The van der Waals surface area contributed by atoms with E-state index in [1.807, 2.05) is 18.2 Å². The summed E-state index contributed by atoms with van der Waals surface area (Å²) < 4.78 is 5.19. The first-order valence-electron chi connectivity index (χ1n) is 7.12. The van der Waals surface area contributed by atoms with Crippen molar-refractivity contribution in [1.29, 1.82) is 0 Å². The summed E-state index contributed by atoms with van der Waals surface area (Å²) in [7, 11) is 0. The molecular weight excluding hydrogens is 312 g/mol. The Morgan fingerprint density at radius 1 is 1.38 bits per heavy atom. The van der Waals surface area contributed by atoms with Crippen LogP contribution in [0.2, 0.25) is 0 Å². The highest BCUT2D eigenvalue weighted by Crippen LogP contribution is 2.25. The van der Waals surface area contributed by atoms with E-state index in [1.54, 1.807) is 12.1 Å². The number of aromatic hydroxyl groups is 1. The number of aromatic nitrogens is 3. The van der Waals surface area contributed by atoms with Crippen LogP contribution < -0.4 is 0 Å². The number of oxazole rings is 1. The zero-order valence-corrected chi connectivity index (χ0v) is 12.5. The number of carboxylic acids is 1. The lowest BCUT2D eigenvalue weighted by Crippen LogP contribution is -2.21. The van der Waals surface area contributed by atoms with Crippen molar-refractivity contribution in [1.82, 2.24) is 15.0 Å². The first-order chi connectivity index (χ1) is 11.6. The van der Waals surface area contributed by atoms with E-state index in [0.717, 1.165) is 0 Å². The highest BCUT2D eigenvalue weighted by atomic mass is 16.5. The van der Waals surface area contributed by atoms with Crippen LogP contribution in [-0.4, -0.2) is 43.4 Å². The molecule has 2 heterocycles. The molecule has 24 heavy (non-hydrogen) atoms. The molecule has 1 unspecified atom stereocenters. The molecule has 0 aliphatic heterocycles. The molecule has 3 N–H and O–H groups in total. The Bertz CT molecular complexity index is 840. The average molecular weight is 326 g/mol. The molecule has 0 saturated heterocycles. The molecule has 2 aromatic heterocycles. The highest BCUT2D eigenvalue weighted by Gasteiger charge is 2.18. The number of H-pyrrole nitrogens is 1. The number of aromatic amines is 1. The number of nitrogens with zero attached hydrogens (tertiary/aromatic N) is 3. The summed E-state index contributed by atoms with van der Waals surface area (Å²) >= 11 is 0. The fraction of sp³-hybridized carbons (Fsp3) is 0.125. The van der Waals surface area contributed by atoms with Crippen molar-refractivity contribution >= 4 is 12.2 Å². The van der Waals surface area contributed by atoms with E-state index in [1.165, 1.54) is 18.7 Å². The van der Waals surface area contributed by atoms with Crippen LogP contribution in [-0.2, 0) is 11.2 Å². The predicted molar refractivity (Wildman–Crippen MR) is 84.9 cm³/mol. The van der Waals surface area contributed by atoms with Gasteiger partial charge >= 0.3 is 11.9 Å². The maximum atomic E-state index is 11.3. The number of rotatable bonds is 6. The van der Waals surface area contributed by atoms with E-state index >= 15 is 0 Å². The summed E-state index contributed by atoms with van der Waals surface area (Å²) in [5, 5.41) is 19.1. The van der Waals surface area contributed by atoms with Crippen LogP contribution in [0.3, 0.4) is 0 Å². The molecule has 1 aromatic carbocycles. The molecule has 0 fully saturated rings. The molecule has 122 valence electrons. The number of carboxylic acid groups (broad SMARTS) is 1. The Morgan fingerprint density at radius 2 is 2.17 bits per heavy atom. The Hall–Kier alpha value is -3.42.